The summed E-state index contributed by atoms with van der Waals surface area (Å²) in [5, 5.41) is 8.50. The number of hydrogen-bond donors (Lipinski definition) is 1. The second-order valence-electron chi connectivity index (χ2n) is 1.53. The quantitative estimate of drug-likeness (QED) is 0.579. The maximum absolute atomic E-state index is 9.47. The zero-order valence-corrected chi connectivity index (χ0v) is 9.35. The summed E-state index contributed by atoms with van der Waals surface area (Å²) in [5.41, 5.74) is 0. The van der Waals surface area contributed by atoms with Crippen LogP contribution >= 0.6 is 0 Å². The summed E-state index contributed by atoms with van der Waals surface area (Å²) < 4.78 is 30.0. The smallest absolute Gasteiger partial charge is 0 e. The Hall–Kier alpha value is -0.904. The molecule has 1 N–H and O–H groups in total. The van der Waals surface area contributed by atoms with Crippen LogP contribution in [-0.2, 0) is 40.2 Å². The van der Waals surface area contributed by atoms with Crippen molar-refractivity contribution in [3.63, 3.8) is 0 Å². The number of hydrogen-bond acceptors (Lipinski definition) is 2. The molecule has 91 valence electrons. The Morgan fingerprint density at radius 3 is 1.38 bits per heavy atom. The van der Waals surface area contributed by atoms with E-state index in [-0.39, 0.29) is 22.9 Å². The van der Waals surface area contributed by atoms with Crippen molar-refractivity contribution in [2.45, 2.75) is 25.9 Å². The third-order valence-corrected chi connectivity index (χ3v) is 0.664. The molecule has 7 heteroatoms. The molecule has 1 atom stereocenters. The molecule has 0 heterocycles. The summed E-state index contributed by atoms with van der Waals surface area (Å²) in [5.74, 6) is 0. The summed E-state index contributed by atoms with van der Waals surface area (Å²) in [6, 6.07) is 0. The Kier molecular flexibility index (Phi) is 211. The summed E-state index contributed by atoms with van der Waals surface area (Å²) >= 11 is 0. The van der Waals surface area contributed by atoms with Gasteiger partial charge in [-0.2, -0.15) is 6.42 Å². The average molecular weight is 272 g/mol. The summed E-state index contributed by atoms with van der Waals surface area (Å²) in [7, 11) is 0. The number of aliphatic hydroxyl groups is 1. The van der Waals surface area contributed by atoms with Crippen LogP contribution in [0.3, 0.4) is 0 Å². The van der Waals surface area contributed by atoms with Crippen molar-refractivity contribution in [3.05, 3.63) is 26.6 Å². The molecule has 0 aliphatic rings. The van der Waals surface area contributed by atoms with E-state index in [1.165, 1.54) is 0 Å². The van der Waals surface area contributed by atoms with Gasteiger partial charge in [0, 0.05) is 22.9 Å². The maximum atomic E-state index is 9.47. The van der Waals surface area contributed by atoms with E-state index in [9.17, 15) is 4.79 Å². The predicted octanol–water partition coefficient (Wildman–Crippen LogP) is 0.105. The SMILES string of the molecule is CC(O)CC[C-]=O.[C-]#[O+].[C-]#[O+].[C-]#[O+].[C-]#[O+].[Co]. The van der Waals surface area contributed by atoms with Crippen LogP contribution in [0.15, 0.2) is 0 Å². The third kappa shape index (κ3) is 200. The Morgan fingerprint density at radius 2 is 1.31 bits per heavy atom. The third-order valence-electron chi connectivity index (χ3n) is 0.664. The molecule has 0 aromatic carbocycles. The largest absolute Gasteiger partial charge is 0 e. The van der Waals surface area contributed by atoms with Crippen LogP contribution in [0.2, 0.25) is 0 Å². The standard InChI is InChI=1S/C5H9O2.4CO.Co/c1-5(7)3-2-4-6;4*1-2;/h5,7H,2-3H2,1H3;;;;;/q-1;;;;;. The zero-order valence-electron chi connectivity index (χ0n) is 8.31. The molecule has 0 aliphatic carbocycles. The first-order chi connectivity index (χ1) is 7.27. The molecule has 16 heavy (non-hydrogen) atoms. The van der Waals surface area contributed by atoms with Crippen molar-refractivity contribution in [2.24, 2.45) is 0 Å². The van der Waals surface area contributed by atoms with E-state index < -0.39 is 0 Å². The monoisotopic (exact) mass is 272 g/mol. The van der Waals surface area contributed by atoms with Gasteiger partial charge < -0.3 is 9.90 Å². The molecular formula is C9H9CoO6-. The molecule has 0 saturated heterocycles. The van der Waals surface area contributed by atoms with Gasteiger partial charge in [-0.3, -0.25) is 6.29 Å². The van der Waals surface area contributed by atoms with Crippen molar-refractivity contribution in [1.82, 2.24) is 0 Å². The van der Waals surface area contributed by atoms with E-state index in [2.05, 4.69) is 26.6 Å². The second kappa shape index (κ2) is 93.1. The number of carbonyl (C=O) groups excluding carboxylic acids is 1. The molecule has 0 amide bonds. The fourth-order valence-electron chi connectivity index (χ4n) is 0.268. The molecule has 0 aliphatic heterocycles. The predicted molar refractivity (Wildman–Crippen MR) is 42.3 cm³/mol. The molecule has 0 bridgehead atoms. The van der Waals surface area contributed by atoms with E-state index in [0.29, 0.717) is 12.8 Å². The van der Waals surface area contributed by atoms with Crippen LogP contribution in [0.25, 0.3) is 0 Å². The molecule has 0 fully saturated rings. The molecule has 1 radical (unpaired) electrons. The minimum absolute atomic E-state index is 0. The summed E-state index contributed by atoms with van der Waals surface area (Å²) in [4.78, 5) is 9.47. The Bertz CT molecular complexity index is 146. The Balaban J connectivity index is -0.0000000238. The van der Waals surface area contributed by atoms with E-state index in [0.717, 1.165) is 0 Å². The van der Waals surface area contributed by atoms with Gasteiger partial charge in [-0.05, 0) is 6.92 Å². The van der Waals surface area contributed by atoms with Crippen molar-refractivity contribution >= 4 is 6.29 Å². The first-order valence-corrected chi connectivity index (χ1v) is 3.12. The normalized spacial score (nSPS) is 6.38. The van der Waals surface area contributed by atoms with Gasteiger partial charge in [0.05, 0.1) is 0 Å². The van der Waals surface area contributed by atoms with E-state index >= 15 is 0 Å². The minimum atomic E-state index is -0.360. The second-order valence-corrected chi connectivity index (χ2v) is 1.53. The van der Waals surface area contributed by atoms with Gasteiger partial charge in [0.1, 0.15) is 0 Å². The van der Waals surface area contributed by atoms with Crippen LogP contribution in [0.5, 0.6) is 0 Å². The minimum Gasteiger partial charge on any atom is 0 e. The fourth-order valence-corrected chi connectivity index (χ4v) is 0.268. The molecule has 0 aromatic rings. The van der Waals surface area contributed by atoms with Gasteiger partial charge in [0.25, 0.3) is 0 Å². The van der Waals surface area contributed by atoms with Crippen LogP contribution in [0, 0.1) is 26.6 Å². The number of rotatable bonds is 3. The van der Waals surface area contributed by atoms with E-state index in [1.807, 2.05) is 0 Å². The molecule has 0 spiro atoms. The van der Waals surface area contributed by atoms with Gasteiger partial charge in [0.15, 0.2) is 0 Å². The summed E-state index contributed by atoms with van der Waals surface area (Å²) in [6.45, 7) is 19.7. The molecule has 0 aromatic heterocycles. The van der Waals surface area contributed by atoms with Crippen molar-refractivity contribution in [1.29, 1.82) is 0 Å². The molecule has 0 saturated carbocycles. The topological polar surface area (TPSA) is 117 Å². The van der Waals surface area contributed by atoms with Gasteiger partial charge in [-0.25, -0.2) is 0 Å². The van der Waals surface area contributed by atoms with Gasteiger partial charge in [0.2, 0.25) is 0 Å². The first-order valence-electron chi connectivity index (χ1n) is 3.12. The van der Waals surface area contributed by atoms with Crippen molar-refractivity contribution < 1.29 is 45.3 Å². The summed E-state index contributed by atoms with van der Waals surface area (Å²) in [6.07, 6.45) is 2.21. The van der Waals surface area contributed by atoms with Gasteiger partial charge in [-0.15, -0.1) is 0 Å². The maximum Gasteiger partial charge on any atom is 0 e. The zero-order chi connectivity index (χ0) is 13.7. The Morgan fingerprint density at radius 1 is 1.06 bits per heavy atom. The van der Waals surface area contributed by atoms with Crippen molar-refractivity contribution in [3.8, 4) is 0 Å². The van der Waals surface area contributed by atoms with E-state index in [1.54, 1.807) is 13.2 Å². The average Bonchev–Trinajstić information content (AvgIpc) is 2.36. The van der Waals surface area contributed by atoms with Gasteiger partial charge >= 0.3 is 45.2 Å². The first kappa shape index (κ1) is 36.3. The Labute approximate surface area is 104 Å². The molecule has 0 rings (SSSR count). The van der Waals surface area contributed by atoms with Crippen LogP contribution in [-0.4, -0.2) is 17.5 Å². The molecule has 6 nitrogen and oxygen atoms in total. The van der Waals surface area contributed by atoms with Crippen LogP contribution in [0.4, 0.5) is 0 Å². The molecular weight excluding hydrogens is 263 g/mol. The van der Waals surface area contributed by atoms with E-state index in [4.69, 9.17) is 23.7 Å². The fraction of sp³-hybridized carbons (Fsp3) is 0.444. The van der Waals surface area contributed by atoms with Crippen LogP contribution in [0.1, 0.15) is 19.8 Å². The van der Waals surface area contributed by atoms with Crippen LogP contribution < -0.4 is 0 Å². The number of aliphatic hydroxyl groups excluding tert-OH is 1. The van der Waals surface area contributed by atoms with Crippen molar-refractivity contribution in [2.75, 3.05) is 0 Å². The van der Waals surface area contributed by atoms with Gasteiger partial charge in [-0.1, -0.05) is 6.42 Å². The molecule has 1 unspecified atom stereocenters.